The maximum Gasteiger partial charge on any atom is 0.0195 e. The molecule has 19 heavy (non-hydrogen) atoms. The molecule has 2 saturated carbocycles. The van der Waals surface area contributed by atoms with Gasteiger partial charge in [0, 0.05) is 25.2 Å². The largest absolute Gasteiger partial charge is 0.313 e. The molecule has 2 aliphatic carbocycles. The summed E-state index contributed by atoms with van der Waals surface area (Å²) in [5, 5.41) is 3.70. The minimum absolute atomic E-state index is 0.784. The number of nitrogens with one attached hydrogen (secondary N) is 1. The molecule has 1 saturated heterocycles. The van der Waals surface area contributed by atoms with E-state index in [0.717, 1.165) is 29.8 Å². The molecule has 0 aromatic rings. The van der Waals surface area contributed by atoms with Gasteiger partial charge in [-0.15, -0.1) is 0 Å². The number of hydrogen-bond acceptors (Lipinski definition) is 2. The van der Waals surface area contributed by atoms with E-state index in [1.807, 2.05) is 0 Å². The van der Waals surface area contributed by atoms with Crippen molar-refractivity contribution in [3.8, 4) is 0 Å². The lowest BCUT2D eigenvalue weighted by atomic mass is 9.79. The quantitative estimate of drug-likeness (QED) is 0.820. The molecule has 110 valence electrons. The summed E-state index contributed by atoms with van der Waals surface area (Å²) in [4.78, 5) is 2.88. The summed E-state index contributed by atoms with van der Waals surface area (Å²) in [6.07, 6.45) is 10.1. The molecule has 3 unspecified atom stereocenters. The van der Waals surface area contributed by atoms with Crippen molar-refractivity contribution in [3.63, 3.8) is 0 Å². The fraction of sp³-hybridized carbons (Fsp3) is 1.00. The summed E-state index contributed by atoms with van der Waals surface area (Å²) in [6.45, 7) is 8.89. The third kappa shape index (κ3) is 3.95. The molecule has 1 aliphatic heterocycles. The van der Waals surface area contributed by atoms with Crippen molar-refractivity contribution < 1.29 is 0 Å². The van der Waals surface area contributed by atoms with Gasteiger partial charge in [-0.05, 0) is 69.2 Å². The average Bonchev–Trinajstić information content (AvgIpc) is 3.01. The van der Waals surface area contributed by atoms with E-state index in [1.165, 1.54) is 64.6 Å². The minimum Gasteiger partial charge on any atom is -0.313 e. The van der Waals surface area contributed by atoms with Crippen LogP contribution in [0.3, 0.4) is 0 Å². The van der Waals surface area contributed by atoms with Crippen molar-refractivity contribution in [2.24, 2.45) is 17.8 Å². The van der Waals surface area contributed by atoms with E-state index in [1.54, 1.807) is 0 Å². The van der Waals surface area contributed by atoms with E-state index in [4.69, 9.17) is 0 Å². The van der Waals surface area contributed by atoms with Gasteiger partial charge in [-0.2, -0.15) is 0 Å². The molecule has 3 aliphatic rings. The fourth-order valence-electron chi connectivity index (χ4n) is 4.40. The van der Waals surface area contributed by atoms with Gasteiger partial charge < -0.3 is 5.32 Å². The second-order valence-corrected chi connectivity index (χ2v) is 7.76. The van der Waals surface area contributed by atoms with Crippen molar-refractivity contribution in [2.75, 3.05) is 19.6 Å². The molecule has 2 nitrogen and oxygen atoms in total. The first kappa shape index (κ1) is 13.9. The highest BCUT2D eigenvalue weighted by Crippen LogP contribution is 2.35. The maximum absolute atomic E-state index is 3.70. The van der Waals surface area contributed by atoms with Gasteiger partial charge in [0.2, 0.25) is 0 Å². The number of hydrogen-bond donors (Lipinski definition) is 1. The van der Waals surface area contributed by atoms with E-state index >= 15 is 0 Å². The van der Waals surface area contributed by atoms with Crippen molar-refractivity contribution in [2.45, 2.75) is 70.9 Å². The average molecular weight is 264 g/mol. The molecule has 1 N–H and O–H groups in total. The Balaban J connectivity index is 1.59. The van der Waals surface area contributed by atoms with Crippen LogP contribution >= 0.6 is 0 Å². The predicted molar refractivity (Wildman–Crippen MR) is 81.3 cm³/mol. The van der Waals surface area contributed by atoms with Crippen LogP contribution in [-0.2, 0) is 0 Å². The highest BCUT2D eigenvalue weighted by molar-refractivity contribution is 4.89. The van der Waals surface area contributed by atoms with E-state index < -0.39 is 0 Å². The van der Waals surface area contributed by atoms with Gasteiger partial charge in [0.15, 0.2) is 0 Å². The lowest BCUT2D eigenvalue weighted by molar-refractivity contribution is 0.0969. The Morgan fingerprint density at radius 2 is 1.68 bits per heavy atom. The first-order valence-electron chi connectivity index (χ1n) is 8.68. The Morgan fingerprint density at radius 1 is 0.947 bits per heavy atom. The monoisotopic (exact) mass is 264 g/mol. The predicted octanol–water partition coefficient (Wildman–Crippen LogP) is 3.28. The summed E-state index contributed by atoms with van der Waals surface area (Å²) in [5.74, 6) is 2.91. The smallest absolute Gasteiger partial charge is 0.0195 e. The van der Waals surface area contributed by atoms with Crippen LogP contribution in [-0.4, -0.2) is 36.6 Å². The van der Waals surface area contributed by atoms with E-state index in [-0.39, 0.29) is 0 Å². The minimum atomic E-state index is 0.784. The molecular weight excluding hydrogens is 232 g/mol. The topological polar surface area (TPSA) is 15.3 Å². The Bertz CT molecular complexity index is 271. The summed E-state index contributed by atoms with van der Waals surface area (Å²) >= 11 is 0. The standard InChI is InChI=1S/C17H32N2/c1-13-8-14(2)10-17(9-13)19(11-15-5-6-15)12-16-4-3-7-18-16/h13-18H,3-12H2,1-2H3. The highest BCUT2D eigenvalue weighted by Gasteiger charge is 2.33. The summed E-state index contributed by atoms with van der Waals surface area (Å²) in [7, 11) is 0. The molecule has 0 radical (unpaired) electrons. The lowest BCUT2D eigenvalue weighted by Crippen LogP contribution is -2.47. The Morgan fingerprint density at radius 3 is 2.26 bits per heavy atom. The van der Waals surface area contributed by atoms with Crippen LogP contribution in [0.1, 0.15) is 58.8 Å². The van der Waals surface area contributed by atoms with E-state index in [0.29, 0.717) is 0 Å². The Kier molecular flexibility index (Phi) is 4.48. The molecule has 2 heteroatoms. The zero-order chi connectivity index (χ0) is 13.2. The number of rotatable bonds is 5. The Labute approximate surface area is 119 Å². The van der Waals surface area contributed by atoms with Gasteiger partial charge in [-0.25, -0.2) is 0 Å². The SMILES string of the molecule is CC1CC(C)CC(N(CC2CC2)CC2CCCN2)C1. The maximum atomic E-state index is 3.70. The van der Waals surface area contributed by atoms with Crippen LogP contribution in [0.4, 0.5) is 0 Å². The fourth-order valence-corrected chi connectivity index (χ4v) is 4.40. The van der Waals surface area contributed by atoms with Gasteiger partial charge in [0.1, 0.15) is 0 Å². The van der Waals surface area contributed by atoms with Gasteiger partial charge in [0.05, 0.1) is 0 Å². The second kappa shape index (κ2) is 6.13. The molecule has 0 aromatic carbocycles. The van der Waals surface area contributed by atoms with Gasteiger partial charge in [-0.3, -0.25) is 4.90 Å². The third-order valence-electron chi connectivity index (χ3n) is 5.48. The molecule has 0 spiro atoms. The van der Waals surface area contributed by atoms with Crippen molar-refractivity contribution in [1.82, 2.24) is 10.2 Å². The molecular formula is C17H32N2. The first-order valence-corrected chi connectivity index (χ1v) is 8.68. The van der Waals surface area contributed by atoms with Crippen molar-refractivity contribution in [1.29, 1.82) is 0 Å². The summed E-state index contributed by atoms with van der Waals surface area (Å²) in [5.41, 5.74) is 0. The molecule has 0 amide bonds. The van der Waals surface area contributed by atoms with Crippen LogP contribution < -0.4 is 5.32 Å². The van der Waals surface area contributed by atoms with Gasteiger partial charge >= 0.3 is 0 Å². The molecule has 3 rings (SSSR count). The molecule has 3 atom stereocenters. The van der Waals surface area contributed by atoms with Crippen molar-refractivity contribution >= 4 is 0 Å². The van der Waals surface area contributed by atoms with Crippen molar-refractivity contribution in [3.05, 3.63) is 0 Å². The van der Waals surface area contributed by atoms with Gasteiger partial charge in [0.25, 0.3) is 0 Å². The highest BCUT2D eigenvalue weighted by atomic mass is 15.2. The van der Waals surface area contributed by atoms with Crippen LogP contribution in [0.5, 0.6) is 0 Å². The molecule has 3 fully saturated rings. The molecule has 0 bridgehead atoms. The Hall–Kier alpha value is -0.0800. The first-order chi connectivity index (χ1) is 9.20. The van der Waals surface area contributed by atoms with Crippen LogP contribution in [0.25, 0.3) is 0 Å². The summed E-state index contributed by atoms with van der Waals surface area (Å²) < 4.78 is 0. The zero-order valence-corrected chi connectivity index (χ0v) is 12.9. The van der Waals surface area contributed by atoms with Gasteiger partial charge in [-0.1, -0.05) is 13.8 Å². The van der Waals surface area contributed by atoms with Crippen LogP contribution in [0.15, 0.2) is 0 Å². The molecule has 1 heterocycles. The van der Waals surface area contributed by atoms with E-state index in [9.17, 15) is 0 Å². The molecule has 0 aromatic heterocycles. The second-order valence-electron chi connectivity index (χ2n) is 7.76. The van der Waals surface area contributed by atoms with Crippen LogP contribution in [0.2, 0.25) is 0 Å². The van der Waals surface area contributed by atoms with E-state index in [2.05, 4.69) is 24.1 Å². The normalized spacial score (nSPS) is 39.9. The van der Waals surface area contributed by atoms with Crippen LogP contribution in [0, 0.1) is 17.8 Å². The lowest BCUT2D eigenvalue weighted by Gasteiger charge is -2.40. The third-order valence-corrected chi connectivity index (χ3v) is 5.48. The zero-order valence-electron chi connectivity index (χ0n) is 12.9. The summed E-state index contributed by atoms with van der Waals surface area (Å²) in [6, 6.07) is 1.66. The number of nitrogens with zero attached hydrogens (tertiary/aromatic N) is 1.